The van der Waals surface area contributed by atoms with Crippen molar-refractivity contribution in [3.05, 3.63) is 63.8 Å². The number of hydrogen-bond donors (Lipinski definition) is 1. The minimum absolute atomic E-state index is 0.235. The maximum Gasteiger partial charge on any atom is 0.225 e. The molecule has 2 aromatic carbocycles. The van der Waals surface area contributed by atoms with Gasteiger partial charge in [0.1, 0.15) is 16.4 Å². The van der Waals surface area contributed by atoms with Crippen LogP contribution < -0.4 is 4.90 Å². The molecule has 0 atom stereocenters. The quantitative estimate of drug-likeness (QED) is 0.365. The summed E-state index contributed by atoms with van der Waals surface area (Å²) in [6.45, 7) is 2.14. The fraction of sp³-hybridized carbons (Fsp3) is 0.250. The van der Waals surface area contributed by atoms with Crippen LogP contribution in [0.4, 0.5) is 11.5 Å². The van der Waals surface area contributed by atoms with Gasteiger partial charge in [-0.3, -0.25) is 0 Å². The highest BCUT2D eigenvalue weighted by Crippen LogP contribution is 2.44. The van der Waals surface area contributed by atoms with E-state index in [0.29, 0.717) is 0 Å². The molecule has 0 fully saturated rings. The third-order valence-electron chi connectivity index (χ3n) is 5.87. The zero-order chi connectivity index (χ0) is 20.8. The molecule has 0 saturated carbocycles. The average molecular weight is 436 g/mol. The third kappa shape index (κ3) is 3.32. The summed E-state index contributed by atoms with van der Waals surface area (Å²) in [5.41, 5.74) is 6.25. The largest absolute Gasteiger partial charge is 0.508 e. The van der Waals surface area contributed by atoms with Gasteiger partial charge in [-0.25, -0.2) is 4.98 Å². The molecule has 6 heteroatoms. The van der Waals surface area contributed by atoms with Gasteiger partial charge < -0.3 is 10.0 Å². The van der Waals surface area contributed by atoms with Crippen molar-refractivity contribution >= 4 is 44.7 Å². The number of halogens is 1. The Morgan fingerprint density at radius 1 is 1.00 bits per heavy atom. The minimum atomic E-state index is 0.235. The van der Waals surface area contributed by atoms with Crippen molar-refractivity contribution < 1.29 is 5.11 Å². The first kappa shape index (κ1) is 19.3. The number of benzene rings is 2. The van der Waals surface area contributed by atoms with Crippen LogP contribution in [0.2, 0.25) is 5.28 Å². The molecule has 5 rings (SSSR count). The van der Waals surface area contributed by atoms with E-state index in [4.69, 9.17) is 11.6 Å². The van der Waals surface area contributed by atoms with E-state index in [1.165, 1.54) is 46.4 Å². The van der Waals surface area contributed by atoms with Crippen molar-refractivity contribution in [2.75, 3.05) is 11.9 Å². The van der Waals surface area contributed by atoms with Crippen molar-refractivity contribution in [3.8, 4) is 16.9 Å². The van der Waals surface area contributed by atoms with E-state index in [1.807, 2.05) is 24.1 Å². The summed E-state index contributed by atoms with van der Waals surface area (Å²) in [5.74, 6) is 1.01. The molecule has 1 N–H and O–H groups in total. The molecule has 30 heavy (non-hydrogen) atoms. The van der Waals surface area contributed by atoms with Crippen LogP contribution in [0.15, 0.2) is 42.5 Å². The topological polar surface area (TPSA) is 49.2 Å². The molecule has 4 aromatic rings. The van der Waals surface area contributed by atoms with Crippen molar-refractivity contribution in [1.82, 2.24) is 9.97 Å². The Kier molecular flexibility index (Phi) is 4.88. The molecule has 1 aliphatic carbocycles. The maximum absolute atomic E-state index is 9.65. The van der Waals surface area contributed by atoms with Crippen LogP contribution in [0.5, 0.6) is 5.75 Å². The lowest BCUT2D eigenvalue weighted by Crippen LogP contribution is -2.12. The van der Waals surface area contributed by atoms with E-state index in [0.717, 1.165) is 28.1 Å². The number of fused-ring (bicyclic) bond motifs is 2. The van der Waals surface area contributed by atoms with Gasteiger partial charge in [0.15, 0.2) is 0 Å². The lowest BCUT2D eigenvalue weighted by Gasteiger charge is -2.21. The molecule has 0 unspecified atom stereocenters. The van der Waals surface area contributed by atoms with Gasteiger partial charge in [-0.15, -0.1) is 11.3 Å². The number of aryl methyl sites for hydroxylation is 3. The van der Waals surface area contributed by atoms with Crippen molar-refractivity contribution in [2.24, 2.45) is 0 Å². The smallest absolute Gasteiger partial charge is 0.225 e. The monoisotopic (exact) mass is 435 g/mol. The van der Waals surface area contributed by atoms with E-state index >= 15 is 0 Å². The number of anilines is 2. The third-order valence-corrected chi connectivity index (χ3v) is 7.04. The molecule has 0 radical (unpaired) electrons. The van der Waals surface area contributed by atoms with E-state index in [1.54, 1.807) is 23.5 Å². The summed E-state index contributed by atoms with van der Waals surface area (Å²) < 4.78 is 0. The predicted octanol–water partition coefficient (Wildman–Crippen LogP) is 6.67. The highest BCUT2D eigenvalue weighted by atomic mass is 35.5. The van der Waals surface area contributed by atoms with Gasteiger partial charge in [-0.05, 0) is 85.2 Å². The first-order chi connectivity index (χ1) is 14.5. The summed E-state index contributed by atoms with van der Waals surface area (Å²) in [6, 6.07) is 14.0. The zero-order valence-corrected chi connectivity index (χ0v) is 18.5. The van der Waals surface area contributed by atoms with Crippen LogP contribution in [0.3, 0.4) is 0 Å². The van der Waals surface area contributed by atoms with E-state index < -0.39 is 0 Å². The summed E-state index contributed by atoms with van der Waals surface area (Å²) in [5, 5.41) is 10.9. The van der Waals surface area contributed by atoms with Gasteiger partial charge in [0.05, 0.1) is 5.39 Å². The Labute approximate surface area is 184 Å². The molecule has 0 spiro atoms. The maximum atomic E-state index is 9.65. The highest BCUT2D eigenvalue weighted by Gasteiger charge is 2.22. The fourth-order valence-electron chi connectivity index (χ4n) is 4.35. The number of rotatable bonds is 3. The summed E-state index contributed by atoms with van der Waals surface area (Å²) in [6.07, 6.45) is 4.85. The molecule has 0 aliphatic heterocycles. The van der Waals surface area contributed by atoms with Crippen LogP contribution in [0, 0.1) is 6.92 Å². The molecular formula is C24H22ClN3OS. The molecule has 4 nitrogen and oxygen atoms in total. The average Bonchev–Trinajstić information content (AvgIpc) is 3.08. The van der Waals surface area contributed by atoms with Crippen molar-refractivity contribution in [2.45, 2.75) is 32.6 Å². The molecule has 2 heterocycles. The second-order valence-electron chi connectivity index (χ2n) is 7.80. The number of nitrogens with zero attached hydrogens (tertiary/aromatic N) is 3. The number of aromatic hydroxyl groups is 1. The summed E-state index contributed by atoms with van der Waals surface area (Å²) in [7, 11) is 1.97. The lowest BCUT2D eigenvalue weighted by molar-refractivity contribution is 0.475. The lowest BCUT2D eigenvalue weighted by atomic mass is 9.89. The first-order valence-electron chi connectivity index (χ1n) is 10.1. The Bertz CT molecular complexity index is 1250. The van der Waals surface area contributed by atoms with Gasteiger partial charge in [0, 0.05) is 23.2 Å². The van der Waals surface area contributed by atoms with Crippen LogP contribution in [-0.2, 0) is 12.8 Å². The van der Waals surface area contributed by atoms with Gasteiger partial charge in [0.2, 0.25) is 5.28 Å². The van der Waals surface area contributed by atoms with Crippen molar-refractivity contribution in [3.63, 3.8) is 0 Å². The molecule has 1 aliphatic rings. The Hall–Kier alpha value is -2.63. The Morgan fingerprint density at radius 2 is 1.73 bits per heavy atom. The van der Waals surface area contributed by atoms with Gasteiger partial charge >= 0.3 is 0 Å². The first-order valence-corrected chi connectivity index (χ1v) is 11.3. The second-order valence-corrected chi connectivity index (χ2v) is 9.34. The van der Waals surface area contributed by atoms with E-state index in [2.05, 4.69) is 35.1 Å². The molecule has 0 saturated heterocycles. The highest BCUT2D eigenvalue weighted by molar-refractivity contribution is 7.19. The SMILES string of the molecule is Cc1sc2nc(Cl)nc(N(C)c3ccc(O)cc3)c2c1-c1ccc2c(c1)CCCC2. The van der Waals surface area contributed by atoms with E-state index in [-0.39, 0.29) is 11.0 Å². The van der Waals surface area contributed by atoms with Crippen LogP contribution in [0.25, 0.3) is 21.3 Å². The second kappa shape index (κ2) is 7.56. The summed E-state index contributed by atoms with van der Waals surface area (Å²) >= 11 is 7.95. The number of thiophene rings is 1. The fourth-order valence-corrected chi connectivity index (χ4v) is 5.60. The van der Waals surface area contributed by atoms with Crippen LogP contribution in [0.1, 0.15) is 28.8 Å². The number of aromatic nitrogens is 2. The zero-order valence-electron chi connectivity index (χ0n) is 16.9. The molecule has 2 aromatic heterocycles. The minimum Gasteiger partial charge on any atom is -0.508 e. The van der Waals surface area contributed by atoms with Gasteiger partial charge in [-0.2, -0.15) is 4.98 Å². The normalized spacial score (nSPS) is 13.4. The molecule has 0 bridgehead atoms. The Balaban J connectivity index is 1.72. The molecule has 152 valence electrons. The molecular weight excluding hydrogens is 414 g/mol. The van der Waals surface area contributed by atoms with E-state index in [9.17, 15) is 5.11 Å². The number of phenols is 1. The van der Waals surface area contributed by atoms with Crippen molar-refractivity contribution in [1.29, 1.82) is 0 Å². The number of phenolic OH excluding ortho intramolecular Hbond substituents is 1. The van der Waals surface area contributed by atoms with Crippen LogP contribution >= 0.6 is 22.9 Å². The predicted molar refractivity (Wildman–Crippen MR) is 125 cm³/mol. The van der Waals surface area contributed by atoms with Gasteiger partial charge in [0.25, 0.3) is 0 Å². The standard InChI is InChI=1S/C24H22ClN3OS/c1-14-20(17-8-7-15-5-3-4-6-16(15)13-17)21-22(26-24(25)27-23(21)30-14)28(2)18-9-11-19(29)12-10-18/h7-13,29H,3-6H2,1-2H3. The number of hydrogen-bond acceptors (Lipinski definition) is 5. The molecule has 0 amide bonds. The Morgan fingerprint density at radius 3 is 2.50 bits per heavy atom. The van der Waals surface area contributed by atoms with Gasteiger partial charge in [-0.1, -0.05) is 18.2 Å². The van der Waals surface area contributed by atoms with Crippen LogP contribution in [-0.4, -0.2) is 22.1 Å². The summed E-state index contributed by atoms with van der Waals surface area (Å²) in [4.78, 5) is 13.2.